The highest BCUT2D eigenvalue weighted by Crippen LogP contribution is 2.22. The van der Waals surface area contributed by atoms with Gasteiger partial charge in [-0.2, -0.15) is 0 Å². The van der Waals surface area contributed by atoms with Crippen LogP contribution in [-0.4, -0.2) is 62.7 Å². The molecule has 1 saturated heterocycles. The van der Waals surface area contributed by atoms with E-state index >= 15 is 0 Å². The lowest BCUT2D eigenvalue weighted by Gasteiger charge is -2.27. The Bertz CT molecular complexity index is 323. The molecule has 0 aromatic carbocycles. The lowest BCUT2D eigenvalue weighted by molar-refractivity contribution is -0.145. The number of hydrogen-bond donors (Lipinski definition) is 3. The van der Waals surface area contributed by atoms with E-state index in [0.717, 1.165) is 4.90 Å². The van der Waals surface area contributed by atoms with E-state index in [1.54, 1.807) is 20.8 Å². The molecule has 0 bridgehead atoms. The van der Waals surface area contributed by atoms with Gasteiger partial charge in [-0.15, -0.1) is 0 Å². The SMILES string of the molecule is CC(C)(C)OC(=O)N1C[C@H](O)[C@H](O)[C@H]1C(=O)O. The lowest BCUT2D eigenvalue weighted by Crippen LogP contribution is -2.47. The zero-order valence-corrected chi connectivity index (χ0v) is 9.95. The summed E-state index contributed by atoms with van der Waals surface area (Å²) in [5.74, 6) is -1.38. The Morgan fingerprint density at radius 1 is 1.29 bits per heavy atom. The number of aliphatic hydroxyl groups excluding tert-OH is 2. The van der Waals surface area contributed by atoms with Crippen molar-refractivity contribution in [1.82, 2.24) is 4.90 Å². The highest BCUT2D eigenvalue weighted by molar-refractivity contribution is 5.81. The van der Waals surface area contributed by atoms with Crippen molar-refractivity contribution < 1.29 is 29.6 Å². The first kappa shape index (κ1) is 13.7. The topological polar surface area (TPSA) is 107 Å². The molecule has 7 heteroatoms. The van der Waals surface area contributed by atoms with Gasteiger partial charge in [-0.05, 0) is 20.8 Å². The van der Waals surface area contributed by atoms with Crippen molar-refractivity contribution >= 4 is 12.1 Å². The molecule has 1 fully saturated rings. The molecule has 7 nitrogen and oxygen atoms in total. The minimum atomic E-state index is -1.50. The third-order valence-corrected chi connectivity index (χ3v) is 2.32. The number of carboxylic acid groups (broad SMARTS) is 1. The number of aliphatic carboxylic acids is 1. The lowest BCUT2D eigenvalue weighted by atomic mass is 10.1. The number of carbonyl (C=O) groups is 2. The molecule has 1 amide bonds. The summed E-state index contributed by atoms with van der Waals surface area (Å²) in [5, 5.41) is 27.7. The number of likely N-dealkylation sites (tertiary alicyclic amines) is 1. The molecule has 1 aliphatic rings. The second-order valence-corrected chi connectivity index (χ2v) is 4.97. The molecule has 0 spiro atoms. The Kier molecular flexibility index (Phi) is 3.63. The predicted molar refractivity (Wildman–Crippen MR) is 56.4 cm³/mol. The van der Waals surface area contributed by atoms with Crippen LogP contribution in [0, 0.1) is 0 Å². The Morgan fingerprint density at radius 3 is 2.24 bits per heavy atom. The van der Waals surface area contributed by atoms with Gasteiger partial charge in [0, 0.05) is 0 Å². The van der Waals surface area contributed by atoms with Crippen LogP contribution < -0.4 is 0 Å². The van der Waals surface area contributed by atoms with Crippen LogP contribution >= 0.6 is 0 Å². The average Bonchev–Trinajstić information content (AvgIpc) is 2.40. The van der Waals surface area contributed by atoms with Crippen LogP contribution in [0.15, 0.2) is 0 Å². The number of nitrogens with zero attached hydrogens (tertiary/aromatic N) is 1. The fourth-order valence-corrected chi connectivity index (χ4v) is 1.61. The molecule has 0 unspecified atom stereocenters. The molecule has 3 N–H and O–H groups in total. The molecule has 1 rings (SSSR count). The van der Waals surface area contributed by atoms with E-state index in [1.807, 2.05) is 0 Å². The van der Waals surface area contributed by atoms with Crippen LogP contribution in [0.4, 0.5) is 4.79 Å². The summed E-state index contributed by atoms with van der Waals surface area (Å²) in [6, 6.07) is -1.47. The molecule has 17 heavy (non-hydrogen) atoms. The van der Waals surface area contributed by atoms with E-state index in [1.165, 1.54) is 0 Å². The van der Waals surface area contributed by atoms with Crippen molar-refractivity contribution in [1.29, 1.82) is 0 Å². The molecule has 0 saturated carbocycles. The molecule has 3 atom stereocenters. The van der Waals surface area contributed by atoms with Gasteiger partial charge in [-0.1, -0.05) is 0 Å². The summed E-state index contributed by atoms with van der Waals surface area (Å²) in [5.41, 5.74) is -0.765. The van der Waals surface area contributed by atoms with Gasteiger partial charge in [-0.3, -0.25) is 4.90 Å². The average molecular weight is 247 g/mol. The monoisotopic (exact) mass is 247 g/mol. The van der Waals surface area contributed by atoms with Crippen molar-refractivity contribution in [2.24, 2.45) is 0 Å². The molecular formula is C10H17NO6. The van der Waals surface area contributed by atoms with Crippen molar-refractivity contribution in [3.63, 3.8) is 0 Å². The zero-order chi connectivity index (χ0) is 13.4. The van der Waals surface area contributed by atoms with E-state index in [4.69, 9.17) is 9.84 Å². The summed E-state index contributed by atoms with van der Waals surface area (Å²) >= 11 is 0. The van der Waals surface area contributed by atoms with E-state index < -0.39 is 35.9 Å². The Labute approximate surface area is 98.6 Å². The van der Waals surface area contributed by atoms with Gasteiger partial charge in [-0.25, -0.2) is 9.59 Å². The second kappa shape index (κ2) is 4.50. The maximum atomic E-state index is 11.7. The van der Waals surface area contributed by atoms with Crippen molar-refractivity contribution in [2.45, 2.75) is 44.6 Å². The summed E-state index contributed by atoms with van der Waals surface area (Å²) in [4.78, 5) is 23.4. The minimum absolute atomic E-state index is 0.257. The minimum Gasteiger partial charge on any atom is -0.480 e. The Morgan fingerprint density at radius 2 is 1.82 bits per heavy atom. The fraction of sp³-hybridized carbons (Fsp3) is 0.800. The van der Waals surface area contributed by atoms with Crippen LogP contribution in [0.5, 0.6) is 0 Å². The van der Waals surface area contributed by atoms with Crippen LogP contribution in [0.3, 0.4) is 0 Å². The Hall–Kier alpha value is -1.34. The maximum Gasteiger partial charge on any atom is 0.411 e. The standard InChI is InChI=1S/C10H17NO6/c1-10(2,3)17-9(16)11-4-5(12)7(13)6(11)8(14)15/h5-7,12-13H,4H2,1-3H3,(H,14,15)/t5-,6-,7-/m0/s1. The number of amides is 1. The normalized spacial score (nSPS) is 29.2. The van der Waals surface area contributed by atoms with E-state index in [0.29, 0.717) is 0 Å². The molecular weight excluding hydrogens is 230 g/mol. The van der Waals surface area contributed by atoms with Crippen molar-refractivity contribution in [3.05, 3.63) is 0 Å². The molecule has 0 aromatic rings. The number of hydrogen-bond acceptors (Lipinski definition) is 5. The van der Waals surface area contributed by atoms with Crippen LogP contribution in [0.2, 0.25) is 0 Å². The van der Waals surface area contributed by atoms with Gasteiger partial charge < -0.3 is 20.1 Å². The summed E-state index contributed by atoms with van der Waals surface area (Å²) in [7, 11) is 0. The van der Waals surface area contributed by atoms with Crippen molar-refractivity contribution in [2.75, 3.05) is 6.54 Å². The largest absolute Gasteiger partial charge is 0.480 e. The molecule has 0 aliphatic carbocycles. The summed E-state index contributed by atoms with van der Waals surface area (Å²) < 4.78 is 5.00. The molecule has 0 radical (unpaired) electrons. The number of rotatable bonds is 1. The number of carboxylic acids is 1. The number of β-amino-alcohol motifs (C(OH)–C–C–N with tert-alkyl or cyclic N) is 1. The van der Waals surface area contributed by atoms with Crippen LogP contribution in [-0.2, 0) is 9.53 Å². The van der Waals surface area contributed by atoms with Crippen LogP contribution in [0.25, 0.3) is 0 Å². The van der Waals surface area contributed by atoms with Gasteiger partial charge >= 0.3 is 12.1 Å². The summed E-state index contributed by atoms with van der Waals surface area (Å²) in [6.07, 6.45) is -3.64. The third kappa shape index (κ3) is 3.07. The first-order chi connectivity index (χ1) is 7.63. The smallest absolute Gasteiger partial charge is 0.411 e. The van der Waals surface area contributed by atoms with Gasteiger partial charge in [0.1, 0.15) is 17.8 Å². The predicted octanol–water partition coefficient (Wildman–Crippen LogP) is -0.588. The van der Waals surface area contributed by atoms with Crippen LogP contribution in [0.1, 0.15) is 20.8 Å². The highest BCUT2D eigenvalue weighted by Gasteiger charge is 2.48. The number of ether oxygens (including phenoxy) is 1. The molecule has 1 heterocycles. The molecule has 0 aromatic heterocycles. The second-order valence-electron chi connectivity index (χ2n) is 4.97. The Balaban J connectivity index is 2.82. The highest BCUT2D eigenvalue weighted by atomic mass is 16.6. The molecule has 98 valence electrons. The fourth-order valence-electron chi connectivity index (χ4n) is 1.61. The number of carbonyl (C=O) groups excluding carboxylic acids is 1. The van der Waals surface area contributed by atoms with Crippen molar-refractivity contribution in [3.8, 4) is 0 Å². The first-order valence-corrected chi connectivity index (χ1v) is 5.22. The third-order valence-electron chi connectivity index (χ3n) is 2.32. The zero-order valence-electron chi connectivity index (χ0n) is 9.95. The first-order valence-electron chi connectivity index (χ1n) is 5.22. The summed E-state index contributed by atoms with van der Waals surface area (Å²) in [6.45, 7) is 4.67. The quantitative estimate of drug-likeness (QED) is 0.572. The van der Waals surface area contributed by atoms with Gasteiger partial charge in [0.15, 0.2) is 6.04 Å². The van der Waals surface area contributed by atoms with Gasteiger partial charge in [0.2, 0.25) is 0 Å². The van der Waals surface area contributed by atoms with E-state index in [9.17, 15) is 19.8 Å². The maximum absolute atomic E-state index is 11.7. The van der Waals surface area contributed by atoms with E-state index in [-0.39, 0.29) is 6.54 Å². The van der Waals surface area contributed by atoms with Gasteiger partial charge in [0.25, 0.3) is 0 Å². The van der Waals surface area contributed by atoms with E-state index in [2.05, 4.69) is 0 Å². The molecule has 1 aliphatic heterocycles. The number of aliphatic hydroxyl groups is 2. The van der Waals surface area contributed by atoms with Gasteiger partial charge in [0.05, 0.1) is 6.54 Å².